The van der Waals surface area contributed by atoms with Crippen LogP contribution in [0.3, 0.4) is 0 Å². The Kier molecular flexibility index (Phi) is 5.54. The van der Waals surface area contributed by atoms with Gasteiger partial charge in [-0.3, -0.25) is 9.59 Å². The lowest BCUT2D eigenvalue weighted by Gasteiger charge is -2.15. The van der Waals surface area contributed by atoms with Crippen molar-refractivity contribution in [2.75, 3.05) is 11.9 Å². The molecule has 0 aliphatic rings. The van der Waals surface area contributed by atoms with Crippen molar-refractivity contribution < 1.29 is 9.59 Å². The number of carbonyl (C=O) groups excluding carboxylic acids is 2. The van der Waals surface area contributed by atoms with E-state index in [-0.39, 0.29) is 11.8 Å². The highest BCUT2D eigenvalue weighted by molar-refractivity contribution is 9.10. The topological polar surface area (TPSA) is 58.2 Å². The maximum atomic E-state index is 11.8. The Morgan fingerprint density at radius 3 is 2.26 bits per heavy atom. The Hall–Kier alpha value is -1.36. The first-order valence-electron chi connectivity index (χ1n) is 6.19. The lowest BCUT2D eigenvalue weighted by molar-refractivity contribution is -0.120. The first kappa shape index (κ1) is 15.7. The number of anilines is 1. The van der Waals surface area contributed by atoms with Gasteiger partial charge in [0.2, 0.25) is 11.8 Å². The Balaban J connectivity index is 2.62. The minimum Gasteiger partial charge on any atom is -0.356 e. The summed E-state index contributed by atoms with van der Waals surface area (Å²) in [6, 6.07) is 7.27. The summed E-state index contributed by atoms with van der Waals surface area (Å²) in [7, 11) is 0. The van der Waals surface area contributed by atoms with Gasteiger partial charge in [-0.1, -0.05) is 28.1 Å². The highest BCUT2D eigenvalue weighted by atomic mass is 79.9. The largest absolute Gasteiger partial charge is 0.356 e. The average Bonchev–Trinajstić information content (AvgIpc) is 2.30. The summed E-state index contributed by atoms with van der Waals surface area (Å²) in [5.74, 6) is -0.107. The molecule has 104 valence electrons. The number of rotatable bonds is 5. The van der Waals surface area contributed by atoms with Crippen molar-refractivity contribution in [1.29, 1.82) is 0 Å². The fourth-order valence-corrected chi connectivity index (χ4v) is 1.53. The Labute approximate surface area is 122 Å². The van der Waals surface area contributed by atoms with Crippen LogP contribution in [-0.4, -0.2) is 22.7 Å². The number of halogens is 1. The zero-order chi connectivity index (χ0) is 14.5. The Morgan fingerprint density at radius 2 is 1.79 bits per heavy atom. The lowest BCUT2D eigenvalue weighted by Crippen LogP contribution is -2.30. The molecule has 2 N–H and O–H groups in total. The number of hydrogen-bond acceptors (Lipinski definition) is 2. The van der Waals surface area contributed by atoms with Gasteiger partial charge in [-0.25, -0.2) is 0 Å². The fraction of sp³-hybridized carbons (Fsp3) is 0.429. The second-order valence-corrected chi connectivity index (χ2v) is 6.74. The van der Waals surface area contributed by atoms with Crippen molar-refractivity contribution in [2.24, 2.45) is 0 Å². The van der Waals surface area contributed by atoms with Crippen LogP contribution in [0, 0.1) is 0 Å². The number of carbonyl (C=O) groups is 2. The van der Waals surface area contributed by atoms with Crippen LogP contribution in [0.4, 0.5) is 5.69 Å². The maximum absolute atomic E-state index is 11.8. The molecule has 0 fully saturated rings. The Bertz CT molecular complexity index is 450. The van der Waals surface area contributed by atoms with E-state index >= 15 is 0 Å². The number of likely N-dealkylation sites (N-methyl/N-ethyl adjacent to an activating group) is 1. The van der Waals surface area contributed by atoms with Gasteiger partial charge in [-0.2, -0.15) is 0 Å². The van der Waals surface area contributed by atoms with Gasteiger partial charge in [0.1, 0.15) is 0 Å². The molecule has 0 aliphatic carbocycles. The quantitative estimate of drug-likeness (QED) is 0.817. The van der Waals surface area contributed by atoms with Gasteiger partial charge in [0.25, 0.3) is 0 Å². The van der Waals surface area contributed by atoms with Gasteiger partial charge in [0.15, 0.2) is 0 Å². The van der Waals surface area contributed by atoms with Crippen molar-refractivity contribution >= 4 is 33.4 Å². The molecule has 0 radical (unpaired) electrons. The molecule has 0 aromatic heterocycles. The molecule has 19 heavy (non-hydrogen) atoms. The fourth-order valence-electron chi connectivity index (χ4n) is 1.43. The van der Waals surface area contributed by atoms with Crippen LogP contribution in [0.2, 0.25) is 0 Å². The molecule has 4 nitrogen and oxygen atoms in total. The molecule has 0 bridgehead atoms. The molecular formula is C14H19BrN2O2. The molecule has 0 heterocycles. The molecule has 0 aliphatic heterocycles. The zero-order valence-corrected chi connectivity index (χ0v) is 13.0. The van der Waals surface area contributed by atoms with E-state index in [9.17, 15) is 9.59 Å². The number of amides is 2. The zero-order valence-electron chi connectivity index (χ0n) is 11.4. The van der Waals surface area contributed by atoms with E-state index in [0.717, 1.165) is 11.3 Å². The minimum absolute atomic E-state index is 0.000812. The van der Waals surface area contributed by atoms with E-state index in [4.69, 9.17) is 0 Å². The molecule has 0 saturated carbocycles. The van der Waals surface area contributed by atoms with Gasteiger partial charge >= 0.3 is 0 Å². The van der Waals surface area contributed by atoms with Crippen molar-refractivity contribution in [1.82, 2.24) is 5.32 Å². The Morgan fingerprint density at radius 1 is 1.21 bits per heavy atom. The van der Waals surface area contributed by atoms with Crippen molar-refractivity contribution in [3.8, 4) is 0 Å². The van der Waals surface area contributed by atoms with Crippen LogP contribution in [0.25, 0.3) is 0 Å². The smallest absolute Gasteiger partial charge is 0.240 e. The van der Waals surface area contributed by atoms with E-state index in [1.165, 1.54) is 0 Å². The molecule has 1 aromatic rings. The summed E-state index contributed by atoms with van der Waals surface area (Å²) in [6.07, 6.45) is 0.353. The number of alkyl halides is 1. The minimum atomic E-state index is -0.604. The van der Waals surface area contributed by atoms with Crippen LogP contribution in [0.15, 0.2) is 24.3 Å². The average molecular weight is 327 g/mol. The molecule has 0 unspecified atom stereocenters. The third-order valence-corrected chi connectivity index (χ3v) is 2.85. The van der Waals surface area contributed by atoms with Gasteiger partial charge in [0.05, 0.1) is 10.7 Å². The summed E-state index contributed by atoms with van der Waals surface area (Å²) in [5, 5.41) is 5.55. The highest BCUT2D eigenvalue weighted by Crippen LogP contribution is 2.19. The molecule has 5 heteroatoms. The first-order chi connectivity index (χ1) is 8.82. The monoisotopic (exact) mass is 326 g/mol. The van der Waals surface area contributed by atoms with Gasteiger partial charge in [0, 0.05) is 12.2 Å². The van der Waals surface area contributed by atoms with Crippen LogP contribution in [-0.2, 0) is 16.0 Å². The van der Waals surface area contributed by atoms with Crippen LogP contribution in [0.1, 0.15) is 26.3 Å². The number of hydrogen-bond donors (Lipinski definition) is 2. The van der Waals surface area contributed by atoms with E-state index in [1.54, 1.807) is 26.0 Å². The van der Waals surface area contributed by atoms with Crippen LogP contribution < -0.4 is 10.6 Å². The third-order valence-electron chi connectivity index (χ3n) is 2.49. The van der Waals surface area contributed by atoms with Gasteiger partial charge < -0.3 is 10.6 Å². The molecular weight excluding hydrogens is 308 g/mol. The summed E-state index contributed by atoms with van der Waals surface area (Å²) in [4.78, 5) is 23.2. The molecule has 0 atom stereocenters. The van der Waals surface area contributed by atoms with Gasteiger partial charge in [-0.15, -0.1) is 0 Å². The van der Waals surface area contributed by atoms with Crippen molar-refractivity contribution in [2.45, 2.75) is 31.5 Å². The number of benzene rings is 1. The molecule has 1 rings (SSSR count). The summed E-state index contributed by atoms with van der Waals surface area (Å²) >= 11 is 3.30. The number of nitrogens with one attached hydrogen (secondary N) is 2. The summed E-state index contributed by atoms with van der Waals surface area (Å²) in [5.41, 5.74) is 1.64. The normalized spacial score (nSPS) is 10.9. The predicted molar refractivity (Wildman–Crippen MR) is 80.5 cm³/mol. The van der Waals surface area contributed by atoms with E-state index in [2.05, 4.69) is 26.6 Å². The summed E-state index contributed by atoms with van der Waals surface area (Å²) in [6.45, 7) is 6.09. The van der Waals surface area contributed by atoms with Crippen LogP contribution in [0.5, 0.6) is 0 Å². The second-order valence-electron chi connectivity index (χ2n) is 4.75. The van der Waals surface area contributed by atoms with E-state index < -0.39 is 4.32 Å². The van der Waals surface area contributed by atoms with Crippen LogP contribution >= 0.6 is 15.9 Å². The molecule has 2 amide bonds. The standard InChI is InChI=1S/C14H19BrN2O2/c1-4-16-12(18)9-10-5-7-11(8-6-10)17-13(19)14(2,3)15/h5-8H,4,9H2,1-3H3,(H,16,18)(H,17,19). The third kappa shape index (κ3) is 5.42. The first-order valence-corrected chi connectivity index (χ1v) is 6.98. The maximum Gasteiger partial charge on any atom is 0.240 e. The van der Waals surface area contributed by atoms with Crippen molar-refractivity contribution in [3.63, 3.8) is 0 Å². The molecule has 0 spiro atoms. The highest BCUT2D eigenvalue weighted by Gasteiger charge is 2.23. The van der Waals surface area contributed by atoms with Crippen molar-refractivity contribution in [3.05, 3.63) is 29.8 Å². The van der Waals surface area contributed by atoms with E-state index in [0.29, 0.717) is 13.0 Å². The molecule has 1 aromatic carbocycles. The SMILES string of the molecule is CCNC(=O)Cc1ccc(NC(=O)C(C)(C)Br)cc1. The summed E-state index contributed by atoms with van der Waals surface area (Å²) < 4.78 is -0.604. The van der Waals surface area contributed by atoms with E-state index in [1.807, 2.05) is 19.1 Å². The molecule has 0 saturated heterocycles. The van der Waals surface area contributed by atoms with Gasteiger partial charge in [-0.05, 0) is 38.5 Å². The lowest BCUT2D eigenvalue weighted by atomic mass is 10.1. The predicted octanol–water partition coefficient (Wildman–Crippen LogP) is 2.48. The second kappa shape index (κ2) is 6.70.